The quantitative estimate of drug-likeness (QED) is 0.741. The normalized spacial score (nSPS) is 11.5. The number of hydrogen-bond donors (Lipinski definition) is 1. The van der Waals surface area contributed by atoms with Crippen molar-refractivity contribution in [1.29, 1.82) is 0 Å². The van der Waals surface area contributed by atoms with Crippen LogP contribution in [0, 0.1) is 20.8 Å². The number of aryl methyl sites for hydroxylation is 2. The van der Waals surface area contributed by atoms with Crippen LogP contribution >= 0.6 is 11.6 Å². The second kappa shape index (κ2) is 6.54. The fourth-order valence-corrected chi connectivity index (χ4v) is 4.40. The van der Waals surface area contributed by atoms with E-state index in [2.05, 4.69) is 9.82 Å². The Bertz CT molecular complexity index is 1030. The predicted molar refractivity (Wildman–Crippen MR) is 100 cm³/mol. The lowest BCUT2D eigenvalue weighted by Gasteiger charge is -2.11. The van der Waals surface area contributed by atoms with E-state index in [1.165, 1.54) is 6.07 Å². The molecule has 0 aliphatic rings. The molecule has 0 aliphatic heterocycles. The summed E-state index contributed by atoms with van der Waals surface area (Å²) in [4.78, 5) is 0.0472. The molecule has 0 bridgehead atoms. The Labute approximate surface area is 152 Å². The number of anilines is 1. The molecule has 3 rings (SSSR count). The molecule has 1 aromatic heterocycles. The number of sulfonamides is 1. The first-order valence-electron chi connectivity index (χ1n) is 7.70. The molecule has 0 spiro atoms. The molecule has 7 heteroatoms. The van der Waals surface area contributed by atoms with Gasteiger partial charge in [0.15, 0.2) is 0 Å². The van der Waals surface area contributed by atoms with E-state index in [1.807, 2.05) is 44.2 Å². The fraction of sp³-hybridized carbons (Fsp3) is 0.167. The van der Waals surface area contributed by atoms with Gasteiger partial charge in [-0.3, -0.25) is 4.72 Å². The summed E-state index contributed by atoms with van der Waals surface area (Å²) in [5.74, 6) is 0. The van der Waals surface area contributed by atoms with Crippen molar-refractivity contribution in [2.24, 2.45) is 0 Å². The second-order valence-corrected chi connectivity index (χ2v) is 7.89. The molecule has 3 aromatic rings. The van der Waals surface area contributed by atoms with Gasteiger partial charge in [-0.2, -0.15) is 5.10 Å². The average Bonchev–Trinajstić information content (AvgIpc) is 2.83. The van der Waals surface area contributed by atoms with Crippen molar-refractivity contribution < 1.29 is 8.42 Å². The Morgan fingerprint density at radius 2 is 1.72 bits per heavy atom. The summed E-state index contributed by atoms with van der Waals surface area (Å²) in [6.07, 6.45) is 0. The Morgan fingerprint density at radius 1 is 1.04 bits per heavy atom. The van der Waals surface area contributed by atoms with Crippen LogP contribution in [0.5, 0.6) is 0 Å². The number of nitrogens with zero attached hydrogens (tertiary/aromatic N) is 2. The zero-order chi connectivity index (χ0) is 18.2. The van der Waals surface area contributed by atoms with Gasteiger partial charge in [-0.1, -0.05) is 35.9 Å². The topological polar surface area (TPSA) is 64.0 Å². The minimum Gasteiger partial charge on any atom is -0.276 e. The number of aromatic nitrogens is 2. The fourth-order valence-electron chi connectivity index (χ4n) is 2.62. The van der Waals surface area contributed by atoms with Gasteiger partial charge in [-0.05, 0) is 50.6 Å². The minimum atomic E-state index is -3.81. The summed E-state index contributed by atoms with van der Waals surface area (Å²) < 4.78 is 29.8. The maximum Gasteiger partial charge on any atom is 0.263 e. The highest BCUT2D eigenvalue weighted by Gasteiger charge is 2.22. The van der Waals surface area contributed by atoms with Crippen LogP contribution in [-0.4, -0.2) is 18.2 Å². The molecular formula is C18H18ClN3O2S. The van der Waals surface area contributed by atoms with Gasteiger partial charge in [0.2, 0.25) is 0 Å². The molecule has 0 amide bonds. The van der Waals surface area contributed by atoms with Gasteiger partial charge in [0, 0.05) is 0 Å². The molecule has 25 heavy (non-hydrogen) atoms. The summed E-state index contributed by atoms with van der Waals surface area (Å²) in [7, 11) is -3.81. The molecule has 2 aromatic carbocycles. The van der Waals surface area contributed by atoms with Crippen molar-refractivity contribution in [2.75, 3.05) is 4.72 Å². The first-order chi connectivity index (χ1) is 11.8. The largest absolute Gasteiger partial charge is 0.276 e. The number of para-hydroxylation sites is 1. The van der Waals surface area contributed by atoms with Crippen molar-refractivity contribution in [1.82, 2.24) is 9.78 Å². The Hall–Kier alpha value is -2.31. The molecule has 0 saturated carbocycles. The number of halogens is 1. The van der Waals surface area contributed by atoms with E-state index in [4.69, 9.17) is 11.6 Å². The van der Waals surface area contributed by atoms with E-state index in [-0.39, 0.29) is 9.92 Å². The number of benzene rings is 2. The Morgan fingerprint density at radius 3 is 2.36 bits per heavy atom. The third-order valence-corrected chi connectivity index (χ3v) is 5.74. The molecule has 130 valence electrons. The molecule has 1 heterocycles. The molecular weight excluding hydrogens is 358 g/mol. The van der Waals surface area contributed by atoms with Crippen LogP contribution < -0.4 is 4.72 Å². The molecule has 0 saturated heterocycles. The van der Waals surface area contributed by atoms with Gasteiger partial charge < -0.3 is 0 Å². The van der Waals surface area contributed by atoms with Crippen LogP contribution in [0.3, 0.4) is 0 Å². The van der Waals surface area contributed by atoms with Crippen LogP contribution in [0.4, 0.5) is 5.69 Å². The summed E-state index contributed by atoms with van der Waals surface area (Å²) in [6, 6.07) is 14.4. The third kappa shape index (κ3) is 3.41. The van der Waals surface area contributed by atoms with Gasteiger partial charge in [0.1, 0.15) is 4.90 Å². The lowest BCUT2D eigenvalue weighted by atomic mass is 10.2. The highest BCUT2D eigenvalue weighted by atomic mass is 35.5. The van der Waals surface area contributed by atoms with Crippen LogP contribution in [0.1, 0.15) is 17.0 Å². The monoisotopic (exact) mass is 375 g/mol. The highest BCUT2D eigenvalue weighted by molar-refractivity contribution is 7.92. The maximum absolute atomic E-state index is 12.8. The van der Waals surface area contributed by atoms with Crippen molar-refractivity contribution in [3.05, 3.63) is 70.5 Å². The van der Waals surface area contributed by atoms with Crippen LogP contribution in [0.2, 0.25) is 5.02 Å². The SMILES string of the molecule is Cc1ccc(S(=O)(=O)Nc2c(C)nn(-c3ccccc3)c2C)c(Cl)c1. The standard InChI is InChI=1S/C18H18ClN3O2S/c1-12-9-10-17(16(19)11-12)25(23,24)21-18-13(2)20-22(14(18)3)15-7-5-4-6-8-15/h4-11,21H,1-3H3. The molecule has 0 radical (unpaired) electrons. The van der Waals surface area contributed by atoms with Crippen molar-refractivity contribution in [2.45, 2.75) is 25.7 Å². The van der Waals surface area contributed by atoms with E-state index in [0.29, 0.717) is 17.1 Å². The van der Waals surface area contributed by atoms with E-state index in [0.717, 1.165) is 11.3 Å². The first kappa shape index (κ1) is 17.5. The van der Waals surface area contributed by atoms with E-state index in [1.54, 1.807) is 23.7 Å². The minimum absolute atomic E-state index is 0.0472. The van der Waals surface area contributed by atoms with Gasteiger partial charge in [-0.25, -0.2) is 13.1 Å². The predicted octanol–water partition coefficient (Wildman–Crippen LogP) is 4.25. The van der Waals surface area contributed by atoms with Crippen LogP contribution in [0.15, 0.2) is 53.4 Å². The van der Waals surface area contributed by atoms with Crippen molar-refractivity contribution in [3.8, 4) is 5.69 Å². The lowest BCUT2D eigenvalue weighted by Crippen LogP contribution is -2.14. The molecule has 0 atom stereocenters. The van der Waals surface area contributed by atoms with E-state index < -0.39 is 10.0 Å². The van der Waals surface area contributed by atoms with E-state index >= 15 is 0 Å². The van der Waals surface area contributed by atoms with Gasteiger partial charge >= 0.3 is 0 Å². The summed E-state index contributed by atoms with van der Waals surface area (Å²) in [5.41, 5.74) is 3.51. The molecule has 0 fully saturated rings. The molecule has 0 unspecified atom stereocenters. The maximum atomic E-state index is 12.8. The van der Waals surface area contributed by atoms with Crippen LogP contribution in [-0.2, 0) is 10.0 Å². The molecule has 5 nitrogen and oxygen atoms in total. The van der Waals surface area contributed by atoms with Gasteiger partial charge in [0.05, 0.1) is 27.8 Å². The average molecular weight is 376 g/mol. The number of rotatable bonds is 4. The number of nitrogens with one attached hydrogen (secondary N) is 1. The van der Waals surface area contributed by atoms with Crippen LogP contribution in [0.25, 0.3) is 5.69 Å². The summed E-state index contributed by atoms with van der Waals surface area (Å²) in [5, 5.41) is 4.64. The zero-order valence-electron chi connectivity index (χ0n) is 14.1. The number of hydrogen-bond acceptors (Lipinski definition) is 3. The second-order valence-electron chi connectivity index (χ2n) is 5.83. The molecule has 0 aliphatic carbocycles. The van der Waals surface area contributed by atoms with E-state index in [9.17, 15) is 8.42 Å². The van der Waals surface area contributed by atoms with Gasteiger partial charge in [0.25, 0.3) is 10.0 Å². The highest BCUT2D eigenvalue weighted by Crippen LogP contribution is 2.28. The van der Waals surface area contributed by atoms with Crippen molar-refractivity contribution in [3.63, 3.8) is 0 Å². The third-order valence-electron chi connectivity index (χ3n) is 3.91. The van der Waals surface area contributed by atoms with Gasteiger partial charge in [-0.15, -0.1) is 0 Å². The summed E-state index contributed by atoms with van der Waals surface area (Å²) >= 11 is 6.12. The van der Waals surface area contributed by atoms with Crippen molar-refractivity contribution >= 4 is 27.3 Å². The summed E-state index contributed by atoms with van der Waals surface area (Å²) in [6.45, 7) is 5.44. The smallest absolute Gasteiger partial charge is 0.263 e. The Balaban J connectivity index is 2.02. The Kier molecular flexibility index (Phi) is 4.58. The molecule has 1 N–H and O–H groups in total. The zero-order valence-corrected chi connectivity index (χ0v) is 15.7. The lowest BCUT2D eigenvalue weighted by molar-refractivity contribution is 0.601. The first-order valence-corrected chi connectivity index (χ1v) is 9.56.